The summed E-state index contributed by atoms with van der Waals surface area (Å²) in [7, 11) is 0. The summed E-state index contributed by atoms with van der Waals surface area (Å²) in [6.07, 6.45) is 0. The Morgan fingerprint density at radius 1 is 1.04 bits per heavy atom. The minimum absolute atomic E-state index is 0.332. The molecule has 0 bridgehead atoms. The highest BCUT2D eigenvalue weighted by Gasteiger charge is 2.47. The standard InChI is InChI=1S/C21H15NO2S/c1-14-16-7-3-2-6-15(16)10-11-18(14)21(12-25-13-22)19-9-5-4-8-17(19)20(23)24-21/h2-11H,12H2,1H3. The van der Waals surface area contributed by atoms with Gasteiger partial charge in [0.2, 0.25) is 0 Å². The van der Waals surface area contributed by atoms with Gasteiger partial charge in [-0.3, -0.25) is 0 Å². The maximum Gasteiger partial charge on any atom is 0.339 e. The third kappa shape index (κ3) is 2.32. The van der Waals surface area contributed by atoms with Crippen LogP contribution in [0.5, 0.6) is 0 Å². The van der Waals surface area contributed by atoms with Crippen LogP contribution in [0, 0.1) is 17.6 Å². The Morgan fingerprint density at radius 2 is 1.80 bits per heavy atom. The molecule has 1 unspecified atom stereocenters. The average molecular weight is 345 g/mol. The van der Waals surface area contributed by atoms with Gasteiger partial charge in [0, 0.05) is 11.1 Å². The number of nitriles is 1. The molecule has 3 aromatic rings. The Kier molecular flexibility index (Phi) is 3.74. The van der Waals surface area contributed by atoms with Crippen LogP contribution in [0.25, 0.3) is 10.8 Å². The van der Waals surface area contributed by atoms with E-state index in [0.717, 1.165) is 39.2 Å². The van der Waals surface area contributed by atoms with Crippen LogP contribution in [0.1, 0.15) is 27.0 Å². The second-order valence-electron chi connectivity index (χ2n) is 6.10. The van der Waals surface area contributed by atoms with Crippen molar-refractivity contribution in [3.63, 3.8) is 0 Å². The molecule has 0 aromatic heterocycles. The molecule has 1 aliphatic heterocycles. The van der Waals surface area contributed by atoms with E-state index in [9.17, 15) is 4.79 Å². The van der Waals surface area contributed by atoms with Gasteiger partial charge in [-0.1, -0.05) is 54.6 Å². The lowest BCUT2D eigenvalue weighted by atomic mass is 9.83. The van der Waals surface area contributed by atoms with E-state index in [1.54, 1.807) is 6.07 Å². The highest BCUT2D eigenvalue weighted by atomic mass is 32.2. The largest absolute Gasteiger partial charge is 0.445 e. The fourth-order valence-electron chi connectivity index (χ4n) is 3.66. The van der Waals surface area contributed by atoms with Crippen LogP contribution in [0.2, 0.25) is 0 Å². The number of cyclic esters (lactones) is 1. The second-order valence-corrected chi connectivity index (χ2v) is 6.86. The van der Waals surface area contributed by atoms with Gasteiger partial charge < -0.3 is 4.74 Å². The molecule has 0 fully saturated rings. The molecule has 25 heavy (non-hydrogen) atoms. The van der Waals surface area contributed by atoms with Gasteiger partial charge in [0.15, 0.2) is 5.60 Å². The lowest BCUT2D eigenvalue weighted by Crippen LogP contribution is -2.31. The van der Waals surface area contributed by atoms with Gasteiger partial charge in [-0.25, -0.2) is 4.79 Å². The Morgan fingerprint density at radius 3 is 2.64 bits per heavy atom. The molecule has 4 rings (SSSR count). The van der Waals surface area contributed by atoms with E-state index in [0.29, 0.717) is 11.3 Å². The Hall–Kier alpha value is -2.77. The lowest BCUT2D eigenvalue weighted by molar-refractivity contribution is 0.0196. The molecular weight excluding hydrogens is 330 g/mol. The van der Waals surface area contributed by atoms with Gasteiger partial charge in [0.05, 0.1) is 11.3 Å². The molecule has 1 heterocycles. The molecule has 0 saturated carbocycles. The molecule has 0 N–H and O–H groups in total. The van der Waals surface area contributed by atoms with Gasteiger partial charge in [-0.2, -0.15) is 5.26 Å². The number of esters is 1. The Bertz CT molecular complexity index is 1040. The normalized spacial score (nSPS) is 18.6. The maximum absolute atomic E-state index is 12.5. The summed E-state index contributed by atoms with van der Waals surface area (Å²) in [5, 5.41) is 13.5. The summed E-state index contributed by atoms with van der Waals surface area (Å²) >= 11 is 1.11. The van der Waals surface area contributed by atoms with E-state index in [-0.39, 0.29) is 5.97 Å². The van der Waals surface area contributed by atoms with Crippen molar-refractivity contribution in [3.05, 3.63) is 82.9 Å². The van der Waals surface area contributed by atoms with E-state index in [4.69, 9.17) is 10.00 Å². The summed E-state index contributed by atoms with van der Waals surface area (Å²) in [6.45, 7) is 2.05. The van der Waals surface area contributed by atoms with Crippen molar-refractivity contribution in [1.29, 1.82) is 5.26 Å². The number of carbonyl (C=O) groups excluding carboxylic acids is 1. The van der Waals surface area contributed by atoms with Gasteiger partial charge in [0.1, 0.15) is 5.40 Å². The number of fused-ring (bicyclic) bond motifs is 2. The summed E-state index contributed by atoms with van der Waals surface area (Å²) in [5.74, 6) is 0.0347. The maximum atomic E-state index is 12.5. The third-order valence-corrected chi connectivity index (χ3v) is 5.50. The zero-order valence-corrected chi connectivity index (χ0v) is 14.5. The monoisotopic (exact) mass is 345 g/mol. The zero-order valence-electron chi connectivity index (χ0n) is 13.7. The van der Waals surface area contributed by atoms with Gasteiger partial charge >= 0.3 is 5.97 Å². The van der Waals surface area contributed by atoms with Gasteiger partial charge in [-0.05, 0) is 41.1 Å². The molecule has 0 radical (unpaired) electrons. The van der Waals surface area contributed by atoms with Crippen LogP contribution in [-0.4, -0.2) is 11.7 Å². The van der Waals surface area contributed by atoms with Crippen molar-refractivity contribution in [2.24, 2.45) is 0 Å². The van der Waals surface area contributed by atoms with Crippen LogP contribution in [-0.2, 0) is 10.3 Å². The van der Waals surface area contributed by atoms with E-state index < -0.39 is 5.60 Å². The van der Waals surface area contributed by atoms with Crippen molar-refractivity contribution < 1.29 is 9.53 Å². The first-order valence-corrected chi connectivity index (χ1v) is 8.98. The number of benzene rings is 3. The summed E-state index contributed by atoms with van der Waals surface area (Å²) in [5.41, 5.74) is 2.49. The van der Waals surface area contributed by atoms with Crippen LogP contribution in [0.4, 0.5) is 0 Å². The van der Waals surface area contributed by atoms with E-state index in [2.05, 4.69) is 17.5 Å². The second kappa shape index (κ2) is 5.94. The number of ether oxygens (including phenoxy) is 1. The Labute approximate surface area is 150 Å². The first-order chi connectivity index (χ1) is 12.2. The fraction of sp³-hybridized carbons (Fsp3) is 0.143. The number of thiocyanates is 1. The molecule has 122 valence electrons. The van der Waals surface area contributed by atoms with Crippen LogP contribution in [0.15, 0.2) is 60.7 Å². The molecule has 3 aromatic carbocycles. The van der Waals surface area contributed by atoms with Crippen molar-refractivity contribution in [2.45, 2.75) is 12.5 Å². The average Bonchev–Trinajstić information content (AvgIpc) is 2.94. The predicted octanol–water partition coefficient (Wildman–Crippen LogP) is 4.78. The fourth-order valence-corrected chi connectivity index (χ4v) is 4.30. The molecule has 0 spiro atoms. The number of aryl methyl sites for hydroxylation is 1. The number of nitrogens with zero attached hydrogens (tertiary/aromatic N) is 1. The van der Waals surface area contributed by atoms with Crippen molar-refractivity contribution in [1.82, 2.24) is 0 Å². The highest BCUT2D eigenvalue weighted by molar-refractivity contribution is 8.03. The van der Waals surface area contributed by atoms with Gasteiger partial charge in [0.25, 0.3) is 0 Å². The van der Waals surface area contributed by atoms with Crippen LogP contribution in [0.3, 0.4) is 0 Å². The highest BCUT2D eigenvalue weighted by Crippen LogP contribution is 2.46. The van der Waals surface area contributed by atoms with Crippen molar-refractivity contribution in [3.8, 4) is 5.40 Å². The number of carbonyl (C=O) groups is 1. The summed E-state index contributed by atoms with van der Waals surface area (Å²) in [4.78, 5) is 12.5. The van der Waals surface area contributed by atoms with Crippen molar-refractivity contribution >= 4 is 28.5 Å². The smallest absolute Gasteiger partial charge is 0.339 e. The lowest BCUT2D eigenvalue weighted by Gasteiger charge is -2.30. The van der Waals surface area contributed by atoms with Crippen molar-refractivity contribution in [2.75, 3.05) is 5.75 Å². The molecule has 4 heteroatoms. The molecule has 0 aliphatic carbocycles. The van der Waals surface area contributed by atoms with Crippen LogP contribution < -0.4 is 0 Å². The van der Waals surface area contributed by atoms with E-state index >= 15 is 0 Å². The number of hydrogen-bond donors (Lipinski definition) is 0. The van der Waals surface area contributed by atoms with Gasteiger partial charge in [-0.15, -0.1) is 0 Å². The predicted molar refractivity (Wildman–Crippen MR) is 99.4 cm³/mol. The number of thioether (sulfide) groups is 1. The Balaban J connectivity index is 2.00. The molecule has 1 atom stereocenters. The molecule has 0 amide bonds. The van der Waals surface area contributed by atoms with E-state index in [1.807, 2.05) is 49.4 Å². The summed E-state index contributed by atoms with van der Waals surface area (Å²) < 4.78 is 5.93. The SMILES string of the molecule is Cc1c(C2(CSC#N)OC(=O)c3ccccc32)ccc2ccccc12. The molecule has 1 aliphatic rings. The van der Waals surface area contributed by atoms with Crippen LogP contribution >= 0.6 is 11.8 Å². The first-order valence-electron chi connectivity index (χ1n) is 8.00. The topological polar surface area (TPSA) is 50.1 Å². The van der Waals surface area contributed by atoms with E-state index in [1.165, 1.54) is 0 Å². The minimum Gasteiger partial charge on any atom is -0.445 e. The first kappa shape index (κ1) is 15.7. The molecule has 3 nitrogen and oxygen atoms in total. The summed E-state index contributed by atoms with van der Waals surface area (Å²) in [6, 6.07) is 19.7. The number of rotatable bonds is 3. The third-order valence-electron chi connectivity index (χ3n) is 4.82. The molecule has 0 saturated heterocycles. The number of hydrogen-bond acceptors (Lipinski definition) is 4. The zero-order chi connectivity index (χ0) is 17.4. The molecular formula is C21H15NO2S. The minimum atomic E-state index is -0.928. The quantitative estimate of drug-likeness (QED) is 0.506.